The molecule has 112 valence electrons. The molecule has 6 heteroatoms. The maximum absolute atomic E-state index is 12.8. The number of hydrogen-bond donors (Lipinski definition) is 2. The molecule has 1 aromatic rings. The Bertz CT molecular complexity index is 453. The van der Waals surface area contributed by atoms with Crippen LogP contribution in [0.15, 0.2) is 12.1 Å². The second-order valence-electron chi connectivity index (χ2n) is 5.35. The van der Waals surface area contributed by atoms with Crippen LogP contribution < -0.4 is 10.6 Å². The lowest BCUT2D eigenvalue weighted by Crippen LogP contribution is -2.24. The molecule has 20 heavy (non-hydrogen) atoms. The summed E-state index contributed by atoms with van der Waals surface area (Å²) in [4.78, 5) is 4.15. The Morgan fingerprint density at radius 2 is 1.80 bits per heavy atom. The van der Waals surface area contributed by atoms with Crippen LogP contribution in [0.2, 0.25) is 0 Å². The van der Waals surface area contributed by atoms with E-state index in [4.69, 9.17) is 0 Å². The Hall–Kier alpha value is -1.46. The van der Waals surface area contributed by atoms with Gasteiger partial charge in [0.15, 0.2) is 0 Å². The van der Waals surface area contributed by atoms with Gasteiger partial charge in [0.2, 0.25) is 0 Å². The van der Waals surface area contributed by atoms with Crippen molar-refractivity contribution < 1.29 is 13.2 Å². The van der Waals surface area contributed by atoms with Crippen molar-refractivity contribution in [3.05, 3.63) is 17.7 Å². The average Bonchev–Trinajstić information content (AvgIpc) is 2.91. The highest BCUT2D eigenvalue weighted by Crippen LogP contribution is 2.33. The van der Waals surface area contributed by atoms with E-state index in [1.807, 2.05) is 6.92 Å². The minimum absolute atomic E-state index is 0.137. The highest BCUT2D eigenvalue weighted by Gasteiger charge is 2.32. The fourth-order valence-electron chi connectivity index (χ4n) is 2.70. The molecule has 1 saturated carbocycles. The molecule has 0 aromatic carbocycles. The van der Waals surface area contributed by atoms with Crippen LogP contribution in [0.5, 0.6) is 0 Å². The van der Waals surface area contributed by atoms with E-state index in [2.05, 4.69) is 15.6 Å². The van der Waals surface area contributed by atoms with Gasteiger partial charge in [0.25, 0.3) is 0 Å². The monoisotopic (exact) mass is 287 g/mol. The Kier molecular flexibility index (Phi) is 4.40. The summed E-state index contributed by atoms with van der Waals surface area (Å²) < 4.78 is 38.5. The van der Waals surface area contributed by atoms with Crippen molar-refractivity contribution in [1.82, 2.24) is 4.98 Å². The maximum atomic E-state index is 12.8. The van der Waals surface area contributed by atoms with Crippen molar-refractivity contribution in [2.45, 2.75) is 44.8 Å². The number of aromatic nitrogens is 1. The normalized spacial score (nSPS) is 18.1. The third-order valence-electron chi connectivity index (χ3n) is 3.89. The maximum Gasteiger partial charge on any atom is 0.416 e. The first-order valence-corrected chi connectivity index (χ1v) is 6.93. The van der Waals surface area contributed by atoms with E-state index in [0.29, 0.717) is 5.92 Å². The second-order valence-corrected chi connectivity index (χ2v) is 5.35. The number of nitrogens with zero attached hydrogens (tertiary/aromatic N) is 1. The number of rotatable bonds is 4. The first-order valence-electron chi connectivity index (χ1n) is 6.93. The molecule has 2 N–H and O–H groups in total. The number of nitrogens with one attached hydrogen (secondary N) is 2. The van der Waals surface area contributed by atoms with Crippen molar-refractivity contribution in [2.75, 3.05) is 17.7 Å². The van der Waals surface area contributed by atoms with Crippen LogP contribution in [0.3, 0.4) is 0 Å². The summed E-state index contributed by atoms with van der Waals surface area (Å²) in [6.45, 7) is 2.01. The third-order valence-corrected chi connectivity index (χ3v) is 3.89. The summed E-state index contributed by atoms with van der Waals surface area (Å²) in [7, 11) is 1.56. The molecule has 3 nitrogen and oxygen atoms in total. The highest BCUT2D eigenvalue weighted by molar-refractivity contribution is 5.50. The molecule has 0 spiro atoms. The zero-order valence-corrected chi connectivity index (χ0v) is 11.7. The van der Waals surface area contributed by atoms with Crippen LogP contribution in [-0.2, 0) is 6.18 Å². The van der Waals surface area contributed by atoms with Gasteiger partial charge in [-0.25, -0.2) is 4.98 Å². The van der Waals surface area contributed by atoms with Gasteiger partial charge in [-0.2, -0.15) is 13.2 Å². The van der Waals surface area contributed by atoms with Crippen LogP contribution in [-0.4, -0.2) is 18.1 Å². The number of alkyl halides is 3. The Morgan fingerprint density at radius 3 is 2.35 bits per heavy atom. The Labute approximate surface area is 117 Å². The zero-order chi connectivity index (χ0) is 14.8. The third kappa shape index (κ3) is 3.55. The number of hydrogen-bond acceptors (Lipinski definition) is 3. The van der Waals surface area contributed by atoms with Gasteiger partial charge in [0.05, 0.1) is 5.56 Å². The molecule has 0 bridgehead atoms. The van der Waals surface area contributed by atoms with Gasteiger partial charge >= 0.3 is 6.18 Å². The van der Waals surface area contributed by atoms with Gasteiger partial charge in [-0.05, 0) is 37.8 Å². The molecule has 0 amide bonds. The summed E-state index contributed by atoms with van der Waals surface area (Å²) in [5, 5.41) is 5.79. The quantitative estimate of drug-likeness (QED) is 0.874. The van der Waals surface area contributed by atoms with Crippen molar-refractivity contribution >= 4 is 11.6 Å². The van der Waals surface area contributed by atoms with E-state index in [9.17, 15) is 13.2 Å². The second kappa shape index (κ2) is 5.89. The Balaban J connectivity index is 2.17. The van der Waals surface area contributed by atoms with E-state index in [-0.39, 0.29) is 17.7 Å². The predicted molar refractivity (Wildman–Crippen MR) is 73.8 cm³/mol. The number of halogens is 3. The van der Waals surface area contributed by atoms with Gasteiger partial charge in [-0.15, -0.1) is 0 Å². The lowest BCUT2D eigenvalue weighted by molar-refractivity contribution is -0.137. The van der Waals surface area contributed by atoms with E-state index in [0.717, 1.165) is 25.0 Å². The molecule has 0 radical (unpaired) electrons. The molecule has 1 unspecified atom stereocenters. The fourth-order valence-corrected chi connectivity index (χ4v) is 2.70. The fraction of sp³-hybridized carbons (Fsp3) is 0.643. The molecule has 0 saturated heterocycles. The van der Waals surface area contributed by atoms with E-state index in [1.54, 1.807) is 7.05 Å². The number of pyridine rings is 1. The Morgan fingerprint density at radius 1 is 1.20 bits per heavy atom. The van der Waals surface area contributed by atoms with E-state index >= 15 is 0 Å². The highest BCUT2D eigenvalue weighted by atomic mass is 19.4. The summed E-state index contributed by atoms with van der Waals surface area (Å²) in [6.07, 6.45) is 0.308. The first kappa shape index (κ1) is 14.9. The van der Waals surface area contributed by atoms with Gasteiger partial charge in [0.1, 0.15) is 11.6 Å². The average molecular weight is 287 g/mol. The van der Waals surface area contributed by atoms with Gasteiger partial charge in [-0.3, -0.25) is 0 Å². The molecular formula is C14H20F3N3. The molecule has 2 rings (SSSR count). The van der Waals surface area contributed by atoms with Crippen LogP contribution in [0.1, 0.15) is 38.2 Å². The molecule has 1 fully saturated rings. The van der Waals surface area contributed by atoms with Crippen molar-refractivity contribution in [3.8, 4) is 0 Å². The summed E-state index contributed by atoms with van der Waals surface area (Å²) >= 11 is 0. The van der Waals surface area contributed by atoms with Gasteiger partial charge in [0, 0.05) is 13.1 Å². The summed E-state index contributed by atoms with van der Waals surface area (Å²) in [5.74, 6) is 1.02. The molecule has 1 atom stereocenters. The van der Waals surface area contributed by atoms with Crippen LogP contribution >= 0.6 is 0 Å². The summed E-state index contributed by atoms with van der Waals surface area (Å²) in [6, 6.07) is 2.23. The topological polar surface area (TPSA) is 37.0 Å². The first-order chi connectivity index (χ1) is 9.40. The SMILES string of the molecule is CNc1cc(C(F)(F)F)cc(NC(C)C2CCCC2)n1. The molecule has 0 aliphatic heterocycles. The largest absolute Gasteiger partial charge is 0.416 e. The minimum Gasteiger partial charge on any atom is -0.373 e. The number of anilines is 2. The lowest BCUT2D eigenvalue weighted by atomic mass is 10.00. The lowest BCUT2D eigenvalue weighted by Gasteiger charge is -2.22. The van der Waals surface area contributed by atoms with Crippen molar-refractivity contribution in [2.24, 2.45) is 5.92 Å². The minimum atomic E-state index is -4.36. The van der Waals surface area contributed by atoms with Crippen molar-refractivity contribution in [3.63, 3.8) is 0 Å². The van der Waals surface area contributed by atoms with Gasteiger partial charge in [-0.1, -0.05) is 12.8 Å². The van der Waals surface area contributed by atoms with E-state index < -0.39 is 11.7 Å². The van der Waals surface area contributed by atoms with Crippen LogP contribution in [0, 0.1) is 5.92 Å². The smallest absolute Gasteiger partial charge is 0.373 e. The summed E-state index contributed by atoms with van der Waals surface area (Å²) in [5.41, 5.74) is -0.682. The molecular weight excluding hydrogens is 267 g/mol. The van der Waals surface area contributed by atoms with Crippen LogP contribution in [0.4, 0.5) is 24.8 Å². The van der Waals surface area contributed by atoms with E-state index in [1.165, 1.54) is 12.8 Å². The molecule has 1 aliphatic carbocycles. The molecule has 1 heterocycles. The van der Waals surface area contributed by atoms with Crippen molar-refractivity contribution in [1.29, 1.82) is 0 Å². The standard InChI is InChI=1S/C14H20F3N3/c1-9(10-5-3-4-6-10)19-13-8-11(14(15,16)17)7-12(18-2)20-13/h7-10H,3-6H2,1-2H3,(H2,18,19,20). The van der Waals surface area contributed by atoms with Gasteiger partial charge < -0.3 is 10.6 Å². The van der Waals surface area contributed by atoms with Crippen LogP contribution in [0.25, 0.3) is 0 Å². The zero-order valence-electron chi connectivity index (χ0n) is 11.7. The molecule has 1 aliphatic rings. The predicted octanol–water partition coefficient (Wildman–Crippen LogP) is 4.13. The molecule has 1 aromatic heterocycles.